The fraction of sp³-hybridized carbons (Fsp3) is 0.562. The summed E-state index contributed by atoms with van der Waals surface area (Å²) in [4.78, 5) is 14.1. The van der Waals surface area contributed by atoms with Crippen LogP contribution < -0.4 is 10.6 Å². The van der Waals surface area contributed by atoms with Crippen LogP contribution in [-0.2, 0) is 4.74 Å². The Morgan fingerprint density at radius 1 is 1.33 bits per heavy atom. The maximum absolute atomic E-state index is 12.4. The molecule has 0 fully saturated rings. The number of methoxy groups -OCH3 is 1. The van der Waals surface area contributed by atoms with Gasteiger partial charge < -0.3 is 20.3 Å². The lowest BCUT2D eigenvalue weighted by Crippen LogP contribution is -2.42. The summed E-state index contributed by atoms with van der Waals surface area (Å²) in [6.07, 6.45) is 0. The molecule has 0 radical (unpaired) electrons. The molecule has 0 spiro atoms. The Morgan fingerprint density at radius 3 is 2.62 bits per heavy atom. The van der Waals surface area contributed by atoms with Crippen molar-refractivity contribution in [2.75, 3.05) is 32.6 Å². The number of anilines is 1. The zero-order valence-electron chi connectivity index (χ0n) is 13.6. The van der Waals surface area contributed by atoms with E-state index in [-0.39, 0.29) is 18.1 Å². The molecule has 21 heavy (non-hydrogen) atoms. The third kappa shape index (κ3) is 5.36. The van der Waals surface area contributed by atoms with Crippen LogP contribution in [0, 0.1) is 0 Å². The van der Waals surface area contributed by atoms with Crippen LogP contribution in [0.5, 0.6) is 0 Å². The number of urea groups is 1. The molecule has 118 valence electrons. The number of carbonyl (C=O) groups is 1. The molecule has 0 bridgehead atoms. The van der Waals surface area contributed by atoms with Crippen LogP contribution in [-0.4, -0.2) is 44.3 Å². The van der Waals surface area contributed by atoms with Crippen molar-refractivity contribution in [1.82, 2.24) is 10.2 Å². The van der Waals surface area contributed by atoms with Gasteiger partial charge in [-0.1, -0.05) is 12.1 Å². The number of hydrogen-bond acceptors (Lipinski definition) is 3. The number of nitrogens with one attached hydrogen (secondary N) is 2. The highest BCUT2D eigenvalue weighted by Crippen LogP contribution is 2.17. The molecule has 0 aliphatic heterocycles. The average molecular weight is 293 g/mol. The monoisotopic (exact) mass is 293 g/mol. The fourth-order valence-corrected chi connectivity index (χ4v) is 2.03. The van der Waals surface area contributed by atoms with Crippen LogP contribution >= 0.6 is 0 Å². The van der Waals surface area contributed by atoms with E-state index in [9.17, 15) is 4.79 Å². The Labute approximate surface area is 127 Å². The Kier molecular flexibility index (Phi) is 7.19. The molecule has 1 aromatic rings. The standard InChI is InChI=1S/C16H27N3O2/c1-12(2)19(9-10-21-5)16(20)18-15-8-6-7-14(11-15)13(3)17-4/h6-8,11-13,17H,9-10H2,1-5H3,(H,18,20). The first-order valence-corrected chi connectivity index (χ1v) is 7.33. The predicted molar refractivity (Wildman–Crippen MR) is 86.7 cm³/mol. The molecule has 0 saturated heterocycles. The molecule has 2 N–H and O–H groups in total. The first kappa shape index (κ1) is 17.5. The third-order valence-electron chi connectivity index (χ3n) is 3.49. The van der Waals surface area contributed by atoms with Gasteiger partial charge in [-0.15, -0.1) is 0 Å². The number of amides is 2. The molecule has 0 saturated carbocycles. The van der Waals surface area contributed by atoms with E-state index in [0.29, 0.717) is 13.2 Å². The average Bonchev–Trinajstić information content (AvgIpc) is 2.46. The summed E-state index contributed by atoms with van der Waals surface area (Å²) >= 11 is 0. The summed E-state index contributed by atoms with van der Waals surface area (Å²) in [5.74, 6) is 0. The number of hydrogen-bond donors (Lipinski definition) is 2. The van der Waals surface area contributed by atoms with Gasteiger partial charge in [0.15, 0.2) is 0 Å². The lowest BCUT2D eigenvalue weighted by Gasteiger charge is -2.26. The van der Waals surface area contributed by atoms with Crippen LogP contribution in [0.1, 0.15) is 32.4 Å². The molecular formula is C16H27N3O2. The zero-order valence-corrected chi connectivity index (χ0v) is 13.6. The van der Waals surface area contributed by atoms with Gasteiger partial charge in [0.25, 0.3) is 0 Å². The molecule has 0 heterocycles. The molecule has 1 atom stereocenters. The van der Waals surface area contributed by atoms with E-state index in [2.05, 4.69) is 17.6 Å². The van der Waals surface area contributed by atoms with E-state index in [4.69, 9.17) is 4.74 Å². The highest BCUT2D eigenvalue weighted by atomic mass is 16.5. The highest BCUT2D eigenvalue weighted by Gasteiger charge is 2.16. The summed E-state index contributed by atoms with van der Waals surface area (Å²) in [5.41, 5.74) is 1.95. The van der Waals surface area contributed by atoms with E-state index in [0.717, 1.165) is 11.3 Å². The van der Waals surface area contributed by atoms with Crippen molar-refractivity contribution < 1.29 is 9.53 Å². The number of benzene rings is 1. The Bertz CT molecular complexity index is 449. The molecule has 0 aliphatic carbocycles. The maximum Gasteiger partial charge on any atom is 0.322 e. The van der Waals surface area contributed by atoms with E-state index >= 15 is 0 Å². The molecule has 1 unspecified atom stereocenters. The van der Waals surface area contributed by atoms with Crippen LogP contribution in [0.2, 0.25) is 0 Å². The molecule has 5 nitrogen and oxygen atoms in total. The van der Waals surface area contributed by atoms with Crippen molar-refractivity contribution in [3.05, 3.63) is 29.8 Å². The smallest absolute Gasteiger partial charge is 0.322 e. The first-order valence-electron chi connectivity index (χ1n) is 7.33. The van der Waals surface area contributed by atoms with Crippen molar-refractivity contribution in [3.8, 4) is 0 Å². The Balaban J connectivity index is 2.76. The summed E-state index contributed by atoms with van der Waals surface area (Å²) < 4.78 is 5.06. The van der Waals surface area contributed by atoms with Crippen molar-refractivity contribution >= 4 is 11.7 Å². The summed E-state index contributed by atoms with van der Waals surface area (Å²) in [6.45, 7) is 7.18. The molecule has 0 aromatic heterocycles. The second-order valence-corrected chi connectivity index (χ2v) is 5.35. The first-order chi connectivity index (χ1) is 9.99. The largest absolute Gasteiger partial charge is 0.383 e. The van der Waals surface area contributed by atoms with Crippen molar-refractivity contribution in [2.24, 2.45) is 0 Å². The molecule has 1 rings (SSSR count). The molecular weight excluding hydrogens is 266 g/mol. The minimum absolute atomic E-state index is 0.101. The van der Waals surface area contributed by atoms with Gasteiger partial charge in [-0.2, -0.15) is 0 Å². The number of rotatable bonds is 7. The normalized spacial score (nSPS) is 12.3. The highest BCUT2D eigenvalue weighted by molar-refractivity contribution is 5.89. The third-order valence-corrected chi connectivity index (χ3v) is 3.49. The number of ether oxygens (including phenoxy) is 1. The zero-order chi connectivity index (χ0) is 15.8. The Hall–Kier alpha value is -1.59. The van der Waals surface area contributed by atoms with Crippen LogP contribution in [0.25, 0.3) is 0 Å². The van der Waals surface area contributed by atoms with Crippen LogP contribution in [0.3, 0.4) is 0 Å². The van der Waals surface area contributed by atoms with Crippen LogP contribution in [0.15, 0.2) is 24.3 Å². The van der Waals surface area contributed by atoms with E-state index in [1.165, 1.54) is 0 Å². The molecule has 0 aliphatic rings. The van der Waals surface area contributed by atoms with Gasteiger partial charge in [-0.3, -0.25) is 0 Å². The minimum atomic E-state index is -0.101. The summed E-state index contributed by atoms with van der Waals surface area (Å²) in [7, 11) is 3.56. The number of nitrogens with zero attached hydrogens (tertiary/aromatic N) is 1. The Morgan fingerprint density at radius 2 is 2.05 bits per heavy atom. The van der Waals surface area contributed by atoms with Gasteiger partial charge in [0.05, 0.1) is 6.61 Å². The van der Waals surface area contributed by atoms with Crippen LogP contribution in [0.4, 0.5) is 10.5 Å². The van der Waals surface area contributed by atoms with Crippen molar-refractivity contribution in [3.63, 3.8) is 0 Å². The lowest BCUT2D eigenvalue weighted by molar-refractivity contribution is 0.143. The van der Waals surface area contributed by atoms with Gasteiger partial charge in [-0.25, -0.2) is 4.79 Å². The predicted octanol–water partition coefficient (Wildman–Crippen LogP) is 2.86. The molecule has 1 aromatic carbocycles. The summed E-state index contributed by atoms with van der Waals surface area (Å²) in [5, 5.41) is 6.15. The SMILES string of the molecule is CNC(C)c1cccc(NC(=O)N(CCOC)C(C)C)c1. The van der Waals surface area contributed by atoms with Gasteiger partial charge >= 0.3 is 6.03 Å². The van der Waals surface area contributed by atoms with Gasteiger partial charge in [0, 0.05) is 31.4 Å². The fourth-order valence-electron chi connectivity index (χ4n) is 2.03. The van der Waals surface area contributed by atoms with Crippen molar-refractivity contribution in [2.45, 2.75) is 32.9 Å². The molecule has 5 heteroatoms. The van der Waals surface area contributed by atoms with Gasteiger partial charge in [0.2, 0.25) is 0 Å². The van der Waals surface area contributed by atoms with E-state index in [1.807, 2.05) is 45.2 Å². The van der Waals surface area contributed by atoms with Gasteiger partial charge in [-0.05, 0) is 45.5 Å². The summed E-state index contributed by atoms with van der Waals surface area (Å²) in [6, 6.07) is 8.16. The van der Waals surface area contributed by atoms with E-state index in [1.54, 1.807) is 12.0 Å². The quantitative estimate of drug-likeness (QED) is 0.813. The second-order valence-electron chi connectivity index (χ2n) is 5.35. The lowest BCUT2D eigenvalue weighted by atomic mass is 10.1. The van der Waals surface area contributed by atoms with Gasteiger partial charge in [0.1, 0.15) is 0 Å². The minimum Gasteiger partial charge on any atom is -0.383 e. The maximum atomic E-state index is 12.4. The number of carbonyl (C=O) groups excluding carboxylic acids is 1. The second kappa shape index (κ2) is 8.64. The topological polar surface area (TPSA) is 53.6 Å². The van der Waals surface area contributed by atoms with E-state index < -0.39 is 0 Å². The molecule has 2 amide bonds. The van der Waals surface area contributed by atoms with Crippen molar-refractivity contribution in [1.29, 1.82) is 0 Å².